The van der Waals surface area contributed by atoms with Gasteiger partial charge in [-0.25, -0.2) is 0 Å². The first-order valence-corrected chi connectivity index (χ1v) is 10.0. The summed E-state index contributed by atoms with van der Waals surface area (Å²) >= 11 is 6.90. The minimum Gasteiger partial charge on any atom is -0.494 e. The first-order valence-electron chi connectivity index (χ1n) is 8.76. The Morgan fingerprint density at radius 2 is 2.11 bits per heavy atom. The molecule has 3 rings (SSSR count). The molecule has 27 heavy (non-hydrogen) atoms. The number of thiophene rings is 1. The van der Waals surface area contributed by atoms with E-state index >= 15 is 0 Å². The number of aromatic amines is 1. The lowest BCUT2D eigenvalue weighted by atomic mass is 10.3. The highest BCUT2D eigenvalue weighted by molar-refractivity contribution is 7.71. The Morgan fingerprint density at radius 1 is 1.30 bits per heavy atom. The largest absolute Gasteiger partial charge is 0.494 e. The number of carbonyl (C=O) groups is 1. The molecule has 2 aromatic heterocycles. The molecule has 0 bridgehead atoms. The molecule has 0 unspecified atom stereocenters. The van der Waals surface area contributed by atoms with Crippen LogP contribution in [-0.4, -0.2) is 45.8 Å². The molecule has 0 aliphatic carbocycles. The van der Waals surface area contributed by atoms with E-state index in [1.54, 1.807) is 16.2 Å². The number of carbonyl (C=O) groups excluding carboxylic acids is 1. The normalized spacial score (nSPS) is 10.7. The van der Waals surface area contributed by atoms with Crippen molar-refractivity contribution in [1.29, 1.82) is 0 Å². The average Bonchev–Trinajstić information content (AvgIpc) is 3.33. The van der Waals surface area contributed by atoms with E-state index in [1.165, 1.54) is 0 Å². The van der Waals surface area contributed by atoms with Crippen molar-refractivity contribution in [3.8, 4) is 16.5 Å². The number of H-pyrrole nitrogens is 1. The molecule has 0 spiro atoms. The second-order valence-corrected chi connectivity index (χ2v) is 7.40. The van der Waals surface area contributed by atoms with Crippen molar-refractivity contribution >= 4 is 29.5 Å². The van der Waals surface area contributed by atoms with Crippen LogP contribution in [0.5, 0.6) is 5.75 Å². The van der Waals surface area contributed by atoms with Gasteiger partial charge in [0.1, 0.15) is 5.75 Å². The molecule has 0 aliphatic rings. The summed E-state index contributed by atoms with van der Waals surface area (Å²) in [4.78, 5) is 15.2. The molecule has 0 aliphatic heterocycles. The molecule has 0 fully saturated rings. The van der Waals surface area contributed by atoms with Gasteiger partial charge in [0, 0.05) is 26.6 Å². The fraction of sp³-hybridized carbons (Fsp3) is 0.316. The summed E-state index contributed by atoms with van der Waals surface area (Å²) in [6.45, 7) is 1.74. The fourth-order valence-corrected chi connectivity index (χ4v) is 3.60. The second-order valence-electron chi connectivity index (χ2n) is 6.06. The maximum atomic E-state index is 12.4. The first kappa shape index (κ1) is 19.3. The number of nitrogens with one attached hydrogen (secondary N) is 1. The van der Waals surface area contributed by atoms with Crippen LogP contribution in [0.2, 0.25) is 0 Å². The van der Waals surface area contributed by atoms with Gasteiger partial charge >= 0.3 is 0 Å². The molecule has 1 N–H and O–H groups in total. The van der Waals surface area contributed by atoms with Gasteiger partial charge in [-0.3, -0.25) is 14.5 Å². The minimum absolute atomic E-state index is 0.0786. The van der Waals surface area contributed by atoms with Gasteiger partial charge in [0.25, 0.3) is 0 Å². The van der Waals surface area contributed by atoms with E-state index in [0.717, 1.165) is 22.9 Å². The Bertz CT molecular complexity index is 903. The van der Waals surface area contributed by atoms with Crippen LogP contribution in [0.4, 0.5) is 0 Å². The van der Waals surface area contributed by atoms with Crippen molar-refractivity contribution in [3.05, 3.63) is 52.6 Å². The van der Waals surface area contributed by atoms with E-state index in [2.05, 4.69) is 10.2 Å². The highest BCUT2D eigenvalue weighted by Crippen LogP contribution is 2.23. The van der Waals surface area contributed by atoms with Crippen molar-refractivity contribution in [2.24, 2.45) is 0 Å². The summed E-state index contributed by atoms with van der Waals surface area (Å²) in [7, 11) is 1.82. The molecule has 1 aromatic carbocycles. The molecule has 8 heteroatoms. The highest BCUT2D eigenvalue weighted by Gasteiger charge is 2.13. The number of hydrogen-bond donors (Lipinski definition) is 1. The molecule has 142 valence electrons. The van der Waals surface area contributed by atoms with E-state index in [4.69, 9.17) is 17.0 Å². The third-order valence-corrected chi connectivity index (χ3v) is 5.30. The molecule has 2 heterocycles. The summed E-state index contributed by atoms with van der Waals surface area (Å²) < 4.78 is 8.07. The number of amides is 1. The predicted molar refractivity (Wildman–Crippen MR) is 110 cm³/mol. The minimum atomic E-state index is 0.0786. The number of aromatic nitrogens is 3. The summed E-state index contributed by atoms with van der Waals surface area (Å²) in [5.41, 5.74) is 0. The Balaban J connectivity index is 1.45. The van der Waals surface area contributed by atoms with Gasteiger partial charge in [-0.1, -0.05) is 24.3 Å². The van der Waals surface area contributed by atoms with E-state index in [9.17, 15) is 4.79 Å². The topological polar surface area (TPSA) is 63.1 Å². The molecular formula is C19H22N4O2S2. The summed E-state index contributed by atoms with van der Waals surface area (Å²) in [5, 5.41) is 9.10. The zero-order valence-corrected chi connectivity index (χ0v) is 16.8. The van der Waals surface area contributed by atoms with Crippen molar-refractivity contribution in [2.45, 2.75) is 19.4 Å². The van der Waals surface area contributed by atoms with Crippen LogP contribution in [0.25, 0.3) is 10.7 Å². The molecular weight excluding hydrogens is 380 g/mol. The Kier molecular flexibility index (Phi) is 6.78. The summed E-state index contributed by atoms with van der Waals surface area (Å²) in [6, 6.07) is 13.6. The summed E-state index contributed by atoms with van der Waals surface area (Å²) in [6.07, 6.45) is 1.16. The Hall–Kier alpha value is -2.45. The van der Waals surface area contributed by atoms with Gasteiger partial charge in [0.05, 0.1) is 11.5 Å². The monoisotopic (exact) mass is 402 g/mol. The van der Waals surface area contributed by atoms with E-state index < -0.39 is 0 Å². The van der Waals surface area contributed by atoms with Crippen LogP contribution in [0.1, 0.15) is 12.8 Å². The zero-order valence-electron chi connectivity index (χ0n) is 15.1. The smallest absolute Gasteiger partial charge is 0.224 e. The van der Waals surface area contributed by atoms with Crippen LogP contribution >= 0.6 is 23.6 Å². The van der Waals surface area contributed by atoms with Gasteiger partial charge in [-0.15, -0.1) is 11.3 Å². The maximum absolute atomic E-state index is 12.4. The number of hydrogen-bond acceptors (Lipinski definition) is 5. The van der Waals surface area contributed by atoms with Crippen LogP contribution in [0.3, 0.4) is 0 Å². The van der Waals surface area contributed by atoms with Gasteiger partial charge in [0.2, 0.25) is 5.91 Å². The third-order valence-electron chi connectivity index (χ3n) is 4.12. The van der Waals surface area contributed by atoms with Gasteiger partial charge in [-0.2, -0.15) is 5.10 Å². The lowest BCUT2D eigenvalue weighted by molar-refractivity contribution is -0.130. The van der Waals surface area contributed by atoms with Crippen LogP contribution in [0.15, 0.2) is 47.8 Å². The molecule has 0 radical (unpaired) electrons. The number of para-hydroxylation sites is 1. The molecule has 0 saturated heterocycles. The number of benzene rings is 1. The molecule has 0 atom stereocenters. The number of ether oxygens (including phenoxy) is 1. The van der Waals surface area contributed by atoms with Crippen molar-refractivity contribution in [1.82, 2.24) is 19.7 Å². The van der Waals surface area contributed by atoms with Crippen LogP contribution < -0.4 is 4.74 Å². The lowest BCUT2D eigenvalue weighted by Gasteiger charge is -2.17. The highest BCUT2D eigenvalue weighted by atomic mass is 32.1. The van der Waals surface area contributed by atoms with Gasteiger partial charge in [-0.05, 0) is 42.2 Å². The number of nitrogens with zero attached hydrogens (tertiary/aromatic N) is 3. The molecule has 6 nitrogen and oxygen atoms in total. The lowest BCUT2D eigenvalue weighted by Crippen LogP contribution is -2.29. The zero-order chi connectivity index (χ0) is 19.1. The van der Waals surface area contributed by atoms with Gasteiger partial charge in [0.15, 0.2) is 10.6 Å². The van der Waals surface area contributed by atoms with Crippen molar-refractivity contribution in [3.63, 3.8) is 0 Å². The van der Waals surface area contributed by atoms with E-state index in [0.29, 0.717) is 30.9 Å². The maximum Gasteiger partial charge on any atom is 0.224 e. The van der Waals surface area contributed by atoms with Crippen LogP contribution in [0, 0.1) is 4.77 Å². The predicted octanol–water partition coefficient (Wildman–Crippen LogP) is 3.99. The van der Waals surface area contributed by atoms with Crippen molar-refractivity contribution < 1.29 is 9.53 Å². The molecule has 1 amide bonds. The first-order chi connectivity index (χ1) is 13.1. The van der Waals surface area contributed by atoms with E-state index in [1.807, 2.05) is 59.5 Å². The van der Waals surface area contributed by atoms with Crippen LogP contribution in [-0.2, 0) is 11.3 Å². The standard InChI is InChI=1S/C19H22N4O2S2/c1-22(11-6-13-25-15-7-3-2-4-8-15)17(24)10-12-23-18(20-21-19(23)26)16-9-5-14-27-16/h2-5,7-9,14H,6,10-13H2,1H3,(H,21,26). The fourth-order valence-electron chi connectivity index (χ4n) is 2.65. The Morgan fingerprint density at radius 3 is 2.85 bits per heavy atom. The second kappa shape index (κ2) is 9.48. The quantitative estimate of drug-likeness (QED) is 0.434. The average molecular weight is 403 g/mol. The molecule has 0 saturated carbocycles. The van der Waals surface area contributed by atoms with Gasteiger partial charge < -0.3 is 9.64 Å². The summed E-state index contributed by atoms with van der Waals surface area (Å²) in [5.74, 6) is 1.71. The number of rotatable bonds is 9. The molecule has 3 aromatic rings. The van der Waals surface area contributed by atoms with Crippen molar-refractivity contribution in [2.75, 3.05) is 20.2 Å². The van der Waals surface area contributed by atoms with E-state index in [-0.39, 0.29) is 5.91 Å². The third kappa shape index (κ3) is 5.27. The SMILES string of the molecule is CN(CCCOc1ccccc1)C(=O)CCn1c(-c2cccs2)n[nH]c1=S. The Labute approximate surface area is 167 Å².